The molecule has 0 saturated heterocycles. The molecule has 4 heteroatoms. The van der Waals surface area contributed by atoms with Crippen LogP contribution in [0.3, 0.4) is 0 Å². The molecule has 0 aromatic heterocycles. The summed E-state index contributed by atoms with van der Waals surface area (Å²) in [4.78, 5) is 12.6. The predicted molar refractivity (Wildman–Crippen MR) is 213 cm³/mol. The van der Waals surface area contributed by atoms with Crippen LogP contribution in [0, 0.1) is 0 Å². The third-order valence-corrected chi connectivity index (χ3v) is 10.9. The number of unbranched alkanes of at least 4 members (excludes halogenated alkanes) is 32. The monoisotopic (exact) mass is 675 g/mol. The third kappa shape index (κ3) is 28.9. The highest BCUT2D eigenvalue weighted by Crippen LogP contribution is 2.17. The second-order valence-electron chi connectivity index (χ2n) is 15.6. The quantitative estimate of drug-likeness (QED) is 0.0506. The van der Waals surface area contributed by atoms with E-state index in [2.05, 4.69) is 42.2 Å². The van der Waals surface area contributed by atoms with E-state index < -0.39 is 0 Å². The number of carbonyl (C=O) groups excluding carboxylic acids is 1. The summed E-state index contributed by atoms with van der Waals surface area (Å²) in [5, 5.41) is 6.92. The van der Waals surface area contributed by atoms with E-state index in [1.165, 1.54) is 218 Å². The zero-order chi connectivity index (χ0) is 34.6. The lowest BCUT2D eigenvalue weighted by Crippen LogP contribution is -2.46. The lowest BCUT2D eigenvalue weighted by Gasteiger charge is -2.17. The molecule has 0 radical (unpaired) electrons. The van der Waals surface area contributed by atoms with Crippen molar-refractivity contribution >= 4 is 12.1 Å². The van der Waals surface area contributed by atoms with Gasteiger partial charge in [-0.3, -0.25) is 10.1 Å². The average molecular weight is 675 g/mol. The summed E-state index contributed by atoms with van der Waals surface area (Å²) in [6.45, 7) is 7.67. The van der Waals surface area contributed by atoms with Gasteiger partial charge in [0.25, 0.3) is 0 Å². The molecule has 4 nitrogen and oxygen atoms in total. The van der Waals surface area contributed by atoms with E-state index >= 15 is 0 Å². The molecule has 1 aliphatic heterocycles. The van der Waals surface area contributed by atoms with Crippen molar-refractivity contribution in [1.82, 2.24) is 10.6 Å². The van der Waals surface area contributed by atoms with Gasteiger partial charge < -0.3 is 0 Å². The summed E-state index contributed by atoms with van der Waals surface area (Å²) in [5.74, 6) is 0.222. The molecule has 1 aliphatic rings. The van der Waals surface area contributed by atoms with Crippen LogP contribution in [0.2, 0.25) is 0 Å². The highest BCUT2D eigenvalue weighted by molar-refractivity contribution is 5.76. The number of nitrogens with one attached hydrogen (secondary N) is 2. The first-order chi connectivity index (χ1) is 23.7. The highest BCUT2D eigenvalue weighted by Gasteiger charge is 2.30. The number of carbonyl (C=O) groups is 1. The molecule has 2 atom stereocenters. The Morgan fingerprint density at radius 2 is 0.854 bits per heavy atom. The van der Waals surface area contributed by atoms with Crippen molar-refractivity contribution in [1.29, 1.82) is 0 Å². The molecular weight excluding hydrogens is 587 g/mol. The predicted octanol–water partition coefficient (Wildman–Crippen LogP) is 13.5. The fourth-order valence-corrected chi connectivity index (χ4v) is 7.66. The van der Waals surface area contributed by atoms with Gasteiger partial charge in [-0.15, -0.1) is 0 Å². The summed E-state index contributed by atoms with van der Waals surface area (Å²) in [6.07, 6.45) is 52.0. The summed E-state index contributed by atoms with van der Waals surface area (Å²) < 4.78 is 2.36. The molecule has 0 fully saturated rings. The van der Waals surface area contributed by atoms with Crippen LogP contribution in [-0.2, 0) is 4.79 Å². The van der Waals surface area contributed by atoms with Gasteiger partial charge >= 0.3 is 0 Å². The smallest absolute Gasteiger partial charge is 0.226 e. The van der Waals surface area contributed by atoms with Crippen molar-refractivity contribution in [3.05, 3.63) is 0 Å². The molecule has 48 heavy (non-hydrogen) atoms. The molecule has 2 N–H and O–H groups in total. The van der Waals surface area contributed by atoms with Gasteiger partial charge in [0.05, 0.1) is 6.54 Å². The van der Waals surface area contributed by atoms with Gasteiger partial charge in [-0.25, -0.2) is 9.89 Å². The van der Waals surface area contributed by atoms with Crippen LogP contribution in [0.1, 0.15) is 252 Å². The van der Waals surface area contributed by atoms with Crippen LogP contribution < -0.4 is 10.6 Å². The first kappa shape index (κ1) is 45.1. The van der Waals surface area contributed by atoms with Crippen molar-refractivity contribution in [3.63, 3.8) is 0 Å². The van der Waals surface area contributed by atoms with Crippen molar-refractivity contribution < 1.29 is 9.37 Å². The number of hydrogen-bond acceptors (Lipinski definition) is 2. The summed E-state index contributed by atoms with van der Waals surface area (Å²) >= 11 is 0. The van der Waals surface area contributed by atoms with Gasteiger partial charge in [0.15, 0.2) is 6.21 Å². The molecule has 0 aromatic carbocycles. The maximum Gasteiger partial charge on any atom is 0.226 e. The van der Waals surface area contributed by atoms with Crippen molar-refractivity contribution in [2.75, 3.05) is 6.54 Å². The first-order valence-corrected chi connectivity index (χ1v) is 22.3. The molecule has 0 saturated carbocycles. The lowest BCUT2D eigenvalue weighted by molar-refractivity contribution is -0.595. The second-order valence-corrected chi connectivity index (χ2v) is 15.6. The average Bonchev–Trinajstić information content (AvgIpc) is 3.56. The largest absolute Gasteiger partial charge is 0.299 e. The molecular formula is C44H88N3O+. The van der Waals surface area contributed by atoms with Crippen molar-refractivity contribution in [2.45, 2.75) is 264 Å². The second kappa shape index (κ2) is 35.9. The fourth-order valence-electron chi connectivity index (χ4n) is 7.66. The zero-order valence-electron chi connectivity index (χ0n) is 33.3. The van der Waals surface area contributed by atoms with Gasteiger partial charge in [0.1, 0.15) is 0 Å². The van der Waals surface area contributed by atoms with E-state index in [9.17, 15) is 4.79 Å². The van der Waals surface area contributed by atoms with Crippen LogP contribution in [-0.4, -0.2) is 35.6 Å². The molecule has 0 aliphatic carbocycles. The fraction of sp³-hybridized carbons (Fsp3) is 0.955. The van der Waals surface area contributed by atoms with Crippen LogP contribution >= 0.6 is 0 Å². The maximum atomic E-state index is 12.6. The van der Waals surface area contributed by atoms with Gasteiger partial charge in [0.2, 0.25) is 18.2 Å². The molecule has 2 unspecified atom stereocenters. The topological polar surface area (TPSA) is 44.1 Å². The molecule has 1 rings (SSSR count). The normalized spacial score (nSPS) is 15.2. The van der Waals surface area contributed by atoms with Gasteiger partial charge in [-0.05, 0) is 12.8 Å². The van der Waals surface area contributed by atoms with Crippen molar-refractivity contribution in [2.24, 2.45) is 0 Å². The van der Waals surface area contributed by atoms with Gasteiger partial charge in [0, 0.05) is 19.8 Å². The molecule has 0 bridgehead atoms. The van der Waals surface area contributed by atoms with Crippen molar-refractivity contribution in [3.8, 4) is 0 Å². The Kier molecular flexibility index (Phi) is 33.8. The number of amides is 1. The standard InChI is InChI=1S/C44H87N3O/c1-4-6-8-10-12-14-16-18-20-22-23-24-26-28-30-32-34-36-38-43-45-40-41-47(43)42(3)46-44(48)39-37-35-33-31-29-27-25-21-19-17-15-13-11-9-7-5-2/h41-43,45H,4-40H2,1-3H3/p+1. The minimum absolute atomic E-state index is 0.0779. The third-order valence-electron chi connectivity index (χ3n) is 10.9. The summed E-state index contributed by atoms with van der Waals surface area (Å²) in [7, 11) is 0. The summed E-state index contributed by atoms with van der Waals surface area (Å²) in [6, 6.07) is 0. The lowest BCUT2D eigenvalue weighted by atomic mass is 10.0. The number of hydrogen-bond donors (Lipinski definition) is 2. The van der Waals surface area contributed by atoms with Crippen LogP contribution in [0.5, 0.6) is 0 Å². The Balaban J connectivity index is 1.89. The van der Waals surface area contributed by atoms with Crippen LogP contribution in [0.15, 0.2) is 0 Å². The van der Waals surface area contributed by atoms with Gasteiger partial charge in [-0.1, -0.05) is 219 Å². The Hall–Kier alpha value is -0.900. The van der Waals surface area contributed by atoms with E-state index in [-0.39, 0.29) is 12.1 Å². The molecule has 0 aromatic rings. The zero-order valence-corrected chi connectivity index (χ0v) is 33.3. The van der Waals surface area contributed by atoms with Gasteiger partial charge in [-0.2, -0.15) is 0 Å². The minimum atomic E-state index is 0.0779. The Labute approximate surface area is 302 Å². The van der Waals surface area contributed by atoms with E-state index in [1.807, 2.05) is 0 Å². The highest BCUT2D eigenvalue weighted by atomic mass is 16.1. The Morgan fingerprint density at radius 1 is 0.542 bits per heavy atom. The van der Waals surface area contributed by atoms with Crippen LogP contribution in [0.25, 0.3) is 0 Å². The molecule has 1 heterocycles. The van der Waals surface area contributed by atoms with E-state index in [1.54, 1.807) is 0 Å². The number of nitrogens with zero attached hydrogens (tertiary/aromatic N) is 1. The minimum Gasteiger partial charge on any atom is -0.299 e. The van der Waals surface area contributed by atoms with E-state index in [0.717, 1.165) is 13.0 Å². The molecule has 0 spiro atoms. The van der Waals surface area contributed by atoms with E-state index in [4.69, 9.17) is 0 Å². The molecule has 284 valence electrons. The van der Waals surface area contributed by atoms with Crippen LogP contribution in [0.4, 0.5) is 0 Å². The maximum absolute atomic E-state index is 12.6. The Morgan fingerprint density at radius 3 is 1.21 bits per heavy atom. The molecule has 1 amide bonds. The number of rotatable bonds is 38. The summed E-state index contributed by atoms with van der Waals surface area (Å²) in [5.41, 5.74) is 0. The van der Waals surface area contributed by atoms with E-state index in [0.29, 0.717) is 12.6 Å². The SMILES string of the molecule is CCCCCCCCCCCCCCCCCCCCC1NCC=[N+]1C(C)NC(=O)CCCCCCCCCCCCCCCCCC. The Bertz CT molecular complexity index is 707. The first-order valence-electron chi connectivity index (χ1n) is 22.3.